The van der Waals surface area contributed by atoms with Gasteiger partial charge in [-0.2, -0.15) is 0 Å². The molecule has 1 N–H and O–H groups in total. The van der Waals surface area contributed by atoms with Gasteiger partial charge in [0.25, 0.3) is 0 Å². The predicted octanol–water partition coefficient (Wildman–Crippen LogP) is 2.45. The van der Waals surface area contributed by atoms with Gasteiger partial charge in [-0.15, -0.1) is 0 Å². The normalized spacial score (nSPS) is 17.9. The Morgan fingerprint density at radius 1 is 1.35 bits per heavy atom. The van der Waals surface area contributed by atoms with Crippen molar-refractivity contribution in [1.82, 2.24) is 10.2 Å². The maximum absolute atomic E-state index is 12.4. The molecule has 2 rings (SSSR count). The first-order valence-electron chi connectivity index (χ1n) is 7.56. The molecule has 1 heterocycles. The van der Waals surface area contributed by atoms with E-state index in [0.717, 1.165) is 16.9 Å². The van der Waals surface area contributed by atoms with Crippen molar-refractivity contribution in [3.63, 3.8) is 0 Å². The Morgan fingerprint density at radius 3 is 2.48 bits per heavy atom. The number of thiocarbonyl (C=S) groups is 1. The van der Waals surface area contributed by atoms with Crippen LogP contribution < -0.4 is 10.2 Å². The fourth-order valence-corrected chi connectivity index (χ4v) is 2.78. The Bertz CT molecular complexity index is 638. The van der Waals surface area contributed by atoms with Crippen molar-refractivity contribution in [2.75, 3.05) is 32.6 Å². The lowest BCUT2D eigenvalue weighted by atomic mass is 9.95. The van der Waals surface area contributed by atoms with Gasteiger partial charge in [0.1, 0.15) is 0 Å². The van der Waals surface area contributed by atoms with Crippen LogP contribution in [-0.2, 0) is 9.53 Å². The van der Waals surface area contributed by atoms with Gasteiger partial charge in [-0.05, 0) is 43.8 Å². The molecule has 1 aromatic rings. The number of esters is 1. The summed E-state index contributed by atoms with van der Waals surface area (Å²) in [5.74, 6) is -0.312. The van der Waals surface area contributed by atoms with Crippen molar-refractivity contribution in [3.8, 4) is 0 Å². The number of allylic oxidation sites excluding steroid dienone is 1. The topological polar surface area (TPSA) is 44.8 Å². The fourth-order valence-electron chi connectivity index (χ4n) is 2.52. The lowest BCUT2D eigenvalue weighted by molar-refractivity contribution is -0.139. The van der Waals surface area contributed by atoms with Crippen LogP contribution in [0.15, 0.2) is 35.5 Å². The van der Waals surface area contributed by atoms with Gasteiger partial charge in [0.15, 0.2) is 5.11 Å². The molecule has 0 aromatic heterocycles. The first-order valence-corrected chi connectivity index (χ1v) is 7.97. The molecule has 0 bridgehead atoms. The molecule has 0 fully saturated rings. The molecule has 1 aliphatic heterocycles. The van der Waals surface area contributed by atoms with Crippen molar-refractivity contribution in [1.29, 1.82) is 0 Å². The summed E-state index contributed by atoms with van der Waals surface area (Å²) in [5, 5.41) is 3.83. The van der Waals surface area contributed by atoms with Crippen molar-refractivity contribution < 1.29 is 9.53 Å². The quantitative estimate of drug-likeness (QED) is 0.674. The number of hydrogen-bond donors (Lipinski definition) is 1. The van der Waals surface area contributed by atoms with Crippen molar-refractivity contribution in [3.05, 3.63) is 41.1 Å². The molecule has 1 atom stereocenters. The molecule has 6 heteroatoms. The second-order valence-corrected chi connectivity index (χ2v) is 6.03. The summed E-state index contributed by atoms with van der Waals surface area (Å²) in [5.41, 5.74) is 3.49. The molecule has 0 radical (unpaired) electrons. The minimum absolute atomic E-state index is 0.297. The second-order valence-electron chi connectivity index (χ2n) is 5.65. The zero-order chi connectivity index (χ0) is 17.1. The van der Waals surface area contributed by atoms with Crippen molar-refractivity contribution in [2.45, 2.75) is 19.9 Å². The summed E-state index contributed by atoms with van der Waals surface area (Å²) in [4.78, 5) is 16.3. The third-order valence-electron chi connectivity index (χ3n) is 3.99. The summed E-state index contributed by atoms with van der Waals surface area (Å²) < 4.78 is 5.23. The monoisotopic (exact) mass is 333 g/mol. The van der Waals surface area contributed by atoms with Crippen LogP contribution in [0.5, 0.6) is 0 Å². The van der Waals surface area contributed by atoms with E-state index < -0.39 is 0 Å². The summed E-state index contributed by atoms with van der Waals surface area (Å²) in [7, 11) is 5.83. The zero-order valence-electron chi connectivity index (χ0n) is 14.2. The molecule has 0 amide bonds. The average Bonchev–Trinajstić information content (AvgIpc) is 2.52. The molecule has 1 aromatic carbocycles. The highest BCUT2D eigenvalue weighted by Gasteiger charge is 2.33. The van der Waals surface area contributed by atoms with Gasteiger partial charge in [0.05, 0.1) is 18.2 Å². The highest BCUT2D eigenvalue weighted by molar-refractivity contribution is 7.80. The van der Waals surface area contributed by atoms with Crippen molar-refractivity contribution >= 4 is 29.0 Å². The number of benzene rings is 1. The second kappa shape index (κ2) is 7.00. The minimum Gasteiger partial charge on any atom is -0.463 e. The van der Waals surface area contributed by atoms with Crippen molar-refractivity contribution in [2.24, 2.45) is 0 Å². The van der Waals surface area contributed by atoms with Gasteiger partial charge in [-0.3, -0.25) is 0 Å². The molecule has 23 heavy (non-hydrogen) atoms. The summed E-state index contributed by atoms with van der Waals surface area (Å²) in [6.07, 6.45) is 0. The van der Waals surface area contributed by atoms with Crippen LogP contribution in [0, 0.1) is 0 Å². The van der Waals surface area contributed by atoms with E-state index in [1.54, 1.807) is 11.8 Å². The standard InChI is InChI=1S/C17H23N3O2S/c1-6-22-16(21)14-11(2)20(5)17(23)18-15(14)12-7-9-13(10-8-12)19(3)4/h7-10,15H,6H2,1-5H3,(H,18,23). The molecule has 0 saturated heterocycles. The number of ether oxygens (including phenoxy) is 1. The highest BCUT2D eigenvalue weighted by atomic mass is 32.1. The van der Waals surface area contributed by atoms with Crippen LogP contribution in [-0.4, -0.2) is 43.7 Å². The molecular weight excluding hydrogens is 310 g/mol. The maximum Gasteiger partial charge on any atom is 0.338 e. The van der Waals surface area contributed by atoms with E-state index in [9.17, 15) is 4.79 Å². The van der Waals surface area contributed by atoms with Gasteiger partial charge < -0.3 is 19.9 Å². The molecule has 1 aliphatic rings. The van der Waals surface area contributed by atoms with Gasteiger partial charge in [0, 0.05) is 32.5 Å². The number of carbonyl (C=O) groups is 1. The summed E-state index contributed by atoms with van der Waals surface area (Å²) in [6.45, 7) is 4.04. The average molecular weight is 333 g/mol. The van der Waals surface area contributed by atoms with E-state index in [1.165, 1.54) is 0 Å². The molecular formula is C17H23N3O2S. The maximum atomic E-state index is 12.4. The molecule has 0 aliphatic carbocycles. The third kappa shape index (κ3) is 3.47. The smallest absolute Gasteiger partial charge is 0.338 e. The first-order chi connectivity index (χ1) is 10.9. The number of nitrogens with zero attached hydrogens (tertiary/aromatic N) is 2. The van der Waals surface area contributed by atoms with Crippen LogP contribution in [0.3, 0.4) is 0 Å². The van der Waals surface area contributed by atoms with E-state index in [0.29, 0.717) is 17.3 Å². The fraction of sp³-hybridized carbons (Fsp3) is 0.412. The van der Waals surface area contributed by atoms with Crippen LogP contribution in [0.1, 0.15) is 25.5 Å². The number of nitrogens with one attached hydrogen (secondary N) is 1. The van der Waals surface area contributed by atoms with Crippen LogP contribution >= 0.6 is 12.2 Å². The van der Waals surface area contributed by atoms with Gasteiger partial charge >= 0.3 is 5.97 Å². The lowest BCUT2D eigenvalue weighted by Crippen LogP contribution is -2.46. The Hall–Kier alpha value is -2.08. The van der Waals surface area contributed by atoms with Gasteiger partial charge in [-0.25, -0.2) is 4.79 Å². The Balaban J connectivity index is 2.44. The Labute approximate surface area is 142 Å². The van der Waals surface area contributed by atoms with E-state index in [-0.39, 0.29) is 12.0 Å². The van der Waals surface area contributed by atoms with Crippen LogP contribution in [0.25, 0.3) is 0 Å². The first kappa shape index (κ1) is 17.3. The predicted molar refractivity (Wildman–Crippen MR) is 96.3 cm³/mol. The van der Waals surface area contributed by atoms with E-state index in [1.807, 2.05) is 57.2 Å². The Kier molecular flexibility index (Phi) is 5.26. The minimum atomic E-state index is -0.312. The highest BCUT2D eigenvalue weighted by Crippen LogP contribution is 2.31. The zero-order valence-corrected chi connectivity index (χ0v) is 15.0. The molecule has 124 valence electrons. The lowest BCUT2D eigenvalue weighted by Gasteiger charge is -2.35. The number of hydrogen-bond acceptors (Lipinski definition) is 4. The molecule has 0 saturated carbocycles. The Morgan fingerprint density at radius 2 is 1.96 bits per heavy atom. The van der Waals surface area contributed by atoms with E-state index in [2.05, 4.69) is 5.32 Å². The number of anilines is 1. The van der Waals surface area contributed by atoms with Gasteiger partial charge in [0.2, 0.25) is 0 Å². The summed E-state index contributed by atoms with van der Waals surface area (Å²) in [6, 6.07) is 7.77. The largest absolute Gasteiger partial charge is 0.463 e. The number of carbonyl (C=O) groups excluding carboxylic acids is 1. The molecule has 5 nitrogen and oxygen atoms in total. The van der Waals surface area contributed by atoms with Gasteiger partial charge in [-0.1, -0.05) is 12.1 Å². The summed E-state index contributed by atoms with van der Waals surface area (Å²) >= 11 is 5.37. The molecule has 1 unspecified atom stereocenters. The van der Waals surface area contributed by atoms with Crippen LogP contribution in [0.4, 0.5) is 5.69 Å². The van der Waals surface area contributed by atoms with E-state index in [4.69, 9.17) is 17.0 Å². The SMILES string of the molecule is CCOC(=O)C1=C(C)N(C)C(=S)NC1c1ccc(N(C)C)cc1. The number of rotatable bonds is 4. The van der Waals surface area contributed by atoms with Crippen LogP contribution in [0.2, 0.25) is 0 Å². The van der Waals surface area contributed by atoms with E-state index >= 15 is 0 Å². The molecule has 0 spiro atoms. The third-order valence-corrected chi connectivity index (χ3v) is 4.38.